The van der Waals surface area contributed by atoms with E-state index < -0.39 is 94.9 Å². The number of nitrogens with one attached hydrogen (secondary N) is 5. The quantitative estimate of drug-likeness (QED) is 0.0211. The number of hydrogen-bond acceptors (Lipinski definition) is 25. The number of amides is 15. The molecule has 2 rings (SSSR count). The fourth-order valence-electron chi connectivity index (χ4n) is 11.0. The lowest BCUT2D eigenvalue weighted by atomic mass is 9.97. The standard InChI is InChI=1S/C40H74N8O10.C28H41N5O12.C8H18N2O.C2H6.6H2S/c1-9-29(35(41)53)15-11-10-12-16-30(49)20-25-47(33(51)18-23-45-37(55)57-39(2,3)4)27-28-48(34(52)19-24-46-38(56)58-40(5,6)7)26-21-32(50)44-22-14-13-17-31(43-8)36(42)54;1-5-6-19(34)30(15-12-25(40)44-32-21(36)7-8-22(32)37)17-18-31(20(35)11-14-29-27(42)43-28(2,3)4)16-13-26(41)45-33-23(38)9-10-24(33)39;1-2-7(8(10)11)5-3-4-6-9;1-2;;;;;;/h29,31,43H,9-28H2,1-8H3,(H2,41,53)(H2,42,54)(H,44,50)(H,45,55)(H,46,56);5-18H2,1-4H3,(H,29,42);7H,2-6,9H2,1H3,(H2,10,11);1-2H3;6*1H2/t29-,31-;;7-;;;;;;;/m0.0......./s1. The largest absolute Gasteiger partial charge is 0.444 e. The zero-order valence-corrected chi connectivity index (χ0v) is 80.7. The molecule has 0 bridgehead atoms. The molecule has 3 atom stereocenters. The molecule has 2 saturated heterocycles. The lowest BCUT2D eigenvalue weighted by Gasteiger charge is -2.28. The van der Waals surface area contributed by atoms with Crippen molar-refractivity contribution in [3.63, 3.8) is 0 Å². The van der Waals surface area contributed by atoms with Crippen molar-refractivity contribution in [3.8, 4) is 0 Å². The number of alkyl carbamates (subject to hydrolysis) is 3. The van der Waals surface area contributed by atoms with E-state index in [1.165, 1.54) is 19.6 Å². The molecule has 0 spiro atoms. The van der Waals surface area contributed by atoms with E-state index in [1.54, 1.807) is 76.3 Å². The maximum absolute atomic E-state index is 13.5. The number of likely N-dealkylation sites (N-methyl/N-ethyl adjacent to an activating group) is 1. The number of hydrogen-bond donors (Lipinski definition) is 9. The minimum Gasteiger partial charge on any atom is -0.444 e. The fourth-order valence-corrected chi connectivity index (χ4v) is 11.0. The van der Waals surface area contributed by atoms with Crippen molar-refractivity contribution in [2.45, 2.75) is 287 Å². The van der Waals surface area contributed by atoms with Gasteiger partial charge in [0, 0.05) is 161 Å². The molecule has 0 radical (unpaired) electrons. The molecule has 0 aromatic rings. The molecule has 0 aromatic heterocycles. The summed E-state index contributed by atoms with van der Waals surface area (Å²) in [5.41, 5.74) is 19.1. The SMILES string of the molecule is CC.CCCC(=O)N(CCC(=O)ON1C(=O)CCC1=O)CCN(CCC(=O)ON1C(=O)CCC1=O)C(=O)CCNC(=O)OC(C)(C)C.CC[C@@H](CCCCCC(=O)CCN(CCN(CCC(=O)NCCCC[C@H](NC)C(N)=O)C(=O)CCNC(=O)OC(C)(C)C)C(=O)CCNC(=O)OC(C)(C)C)C(N)=O.CC[C@@H](CCCCN)C(N)=O.S.S.S.S.S.S. The molecule has 2 heterocycles. The molecular weight excluding hydrogens is 1710 g/mol. The van der Waals surface area contributed by atoms with Gasteiger partial charge in [0.15, 0.2) is 0 Å². The highest BCUT2D eigenvalue weighted by molar-refractivity contribution is 7.60. The van der Waals surface area contributed by atoms with Crippen LogP contribution in [0.4, 0.5) is 14.4 Å². The second-order valence-electron chi connectivity index (χ2n) is 30.4. The average Bonchev–Trinajstić information content (AvgIpc) is 1.71. The third-order valence-electron chi connectivity index (χ3n) is 17.3. The summed E-state index contributed by atoms with van der Waals surface area (Å²) in [6.07, 6.45) is 6.52. The van der Waals surface area contributed by atoms with Crippen molar-refractivity contribution in [1.82, 2.24) is 56.3 Å². The summed E-state index contributed by atoms with van der Waals surface area (Å²) in [5, 5.41) is 14.1. The van der Waals surface area contributed by atoms with Gasteiger partial charge < -0.3 is 93.0 Å². The van der Waals surface area contributed by atoms with Gasteiger partial charge in [0.1, 0.15) is 22.6 Å². The van der Waals surface area contributed by atoms with Gasteiger partial charge in [-0.15, -0.1) is 10.1 Å². The molecule has 712 valence electrons. The van der Waals surface area contributed by atoms with Crippen LogP contribution in [0.2, 0.25) is 0 Å². The highest BCUT2D eigenvalue weighted by Crippen LogP contribution is 2.19. The molecule has 38 nitrogen and oxygen atoms in total. The third-order valence-corrected chi connectivity index (χ3v) is 17.3. The number of ether oxygens (including phenoxy) is 3. The third kappa shape index (κ3) is 64.3. The zero-order valence-electron chi connectivity index (χ0n) is 74.7. The van der Waals surface area contributed by atoms with Gasteiger partial charge in [0.05, 0.1) is 18.9 Å². The van der Waals surface area contributed by atoms with E-state index in [-0.39, 0.29) is 277 Å². The maximum Gasteiger partial charge on any atom is 0.407 e. The van der Waals surface area contributed by atoms with Gasteiger partial charge in [-0.1, -0.05) is 53.9 Å². The van der Waals surface area contributed by atoms with Crippen LogP contribution in [0.3, 0.4) is 0 Å². The van der Waals surface area contributed by atoms with Gasteiger partial charge in [-0.25, -0.2) is 24.0 Å². The number of ketones is 1. The smallest absolute Gasteiger partial charge is 0.407 e. The first-order chi connectivity index (χ1) is 54.4. The molecule has 0 aliphatic carbocycles. The van der Waals surface area contributed by atoms with Gasteiger partial charge in [0.25, 0.3) is 23.6 Å². The topological polar surface area (TPSA) is 537 Å². The number of imide groups is 2. The lowest BCUT2D eigenvalue weighted by Crippen LogP contribution is -2.44. The summed E-state index contributed by atoms with van der Waals surface area (Å²) in [4.78, 5) is 235. The van der Waals surface area contributed by atoms with Gasteiger partial charge in [0.2, 0.25) is 47.3 Å². The summed E-state index contributed by atoms with van der Waals surface area (Å²) in [6.45, 7) is 25.6. The molecule has 2 aliphatic heterocycles. The average molecular weight is 1860 g/mol. The van der Waals surface area contributed by atoms with E-state index in [9.17, 15) is 86.3 Å². The number of nitrogens with two attached hydrogens (primary N) is 4. The Morgan fingerprint density at radius 3 is 1.01 bits per heavy atom. The Balaban J connectivity index is -0.000000301. The number of nitrogens with zero attached hydrogens (tertiary/aromatic N) is 6. The molecule has 0 saturated carbocycles. The lowest BCUT2D eigenvalue weighted by molar-refractivity contribution is -0.197. The van der Waals surface area contributed by atoms with Crippen LogP contribution in [0.25, 0.3) is 0 Å². The first kappa shape index (κ1) is 130. The minimum absolute atomic E-state index is 0. The number of rotatable bonds is 52. The molecule has 0 aromatic carbocycles. The van der Waals surface area contributed by atoms with Crippen molar-refractivity contribution in [2.75, 3.05) is 92.1 Å². The van der Waals surface area contributed by atoms with Crippen molar-refractivity contribution in [1.29, 1.82) is 0 Å². The molecular formula is C78H151N15O23S6. The Morgan fingerprint density at radius 1 is 0.385 bits per heavy atom. The van der Waals surface area contributed by atoms with Gasteiger partial charge >= 0.3 is 30.2 Å². The maximum atomic E-state index is 13.5. The van der Waals surface area contributed by atoms with Crippen molar-refractivity contribution < 1.29 is 110 Å². The molecule has 44 heteroatoms. The van der Waals surface area contributed by atoms with E-state index in [2.05, 4.69) is 26.6 Å². The Morgan fingerprint density at radius 2 is 0.705 bits per heavy atom. The monoisotopic (exact) mass is 1860 g/mol. The van der Waals surface area contributed by atoms with Crippen molar-refractivity contribution >= 4 is 188 Å². The normalized spacial score (nSPS) is 12.6. The second-order valence-corrected chi connectivity index (χ2v) is 30.4. The summed E-state index contributed by atoms with van der Waals surface area (Å²) in [7, 11) is 1.65. The molecule has 122 heavy (non-hydrogen) atoms. The molecule has 2 fully saturated rings. The molecule has 15 amide bonds. The van der Waals surface area contributed by atoms with Crippen molar-refractivity contribution in [3.05, 3.63) is 0 Å². The predicted octanol–water partition coefficient (Wildman–Crippen LogP) is 5.33. The van der Waals surface area contributed by atoms with E-state index in [4.69, 9.17) is 46.8 Å². The van der Waals surface area contributed by atoms with Crippen LogP contribution in [0, 0.1) is 11.8 Å². The number of hydroxylamine groups is 4. The number of primary amides is 3. The van der Waals surface area contributed by atoms with Crippen LogP contribution in [0.15, 0.2) is 0 Å². The van der Waals surface area contributed by atoms with Crippen LogP contribution >= 0.6 is 81.0 Å². The number of Topliss-reactive ketones (excluding diaryl/α,β-unsaturated/α-hetero) is 1. The van der Waals surface area contributed by atoms with Crippen LogP contribution in [0.5, 0.6) is 0 Å². The Kier molecular flexibility index (Phi) is 77.5. The summed E-state index contributed by atoms with van der Waals surface area (Å²) < 4.78 is 15.7. The van der Waals surface area contributed by atoms with Crippen molar-refractivity contribution in [2.24, 2.45) is 34.8 Å². The highest BCUT2D eigenvalue weighted by atomic mass is 32.1. The van der Waals surface area contributed by atoms with E-state index in [0.29, 0.717) is 74.6 Å². The predicted molar refractivity (Wildman–Crippen MR) is 490 cm³/mol. The van der Waals surface area contributed by atoms with Crippen LogP contribution < -0.4 is 49.5 Å². The van der Waals surface area contributed by atoms with E-state index >= 15 is 0 Å². The highest BCUT2D eigenvalue weighted by Gasteiger charge is 2.35. The summed E-state index contributed by atoms with van der Waals surface area (Å²) in [6, 6.07) is -0.453. The number of carbonyl (C=O) groups excluding carboxylic acids is 18. The molecule has 0 unspecified atom stereocenters. The van der Waals surface area contributed by atoms with Crippen LogP contribution in [-0.2, 0) is 95.8 Å². The molecule has 13 N–H and O–H groups in total. The van der Waals surface area contributed by atoms with Gasteiger partial charge in [-0.2, -0.15) is 81.0 Å². The number of carbonyl (C=O) groups is 18. The van der Waals surface area contributed by atoms with Crippen LogP contribution in [-0.4, -0.2) is 252 Å². The zero-order chi connectivity index (χ0) is 88.7. The Labute approximate surface area is 763 Å². The minimum atomic E-state index is -0.934. The second kappa shape index (κ2) is 72.8. The number of unbranched alkanes of at least 4 members (excludes halogenated alkanes) is 4. The van der Waals surface area contributed by atoms with E-state index in [1.807, 2.05) is 27.7 Å². The Hall–Kier alpha value is -7.52. The first-order valence-corrected chi connectivity index (χ1v) is 40.6. The first-order valence-electron chi connectivity index (χ1n) is 40.6. The van der Waals surface area contributed by atoms with Crippen LogP contribution in [0.1, 0.15) is 264 Å². The van der Waals surface area contributed by atoms with Gasteiger partial charge in [-0.3, -0.25) is 62.3 Å². The molecule has 2 aliphatic rings. The van der Waals surface area contributed by atoms with Gasteiger partial charge in [-0.05, 0) is 140 Å². The Bertz CT molecular complexity index is 3040. The van der Waals surface area contributed by atoms with E-state index in [0.717, 1.165) is 38.5 Å². The summed E-state index contributed by atoms with van der Waals surface area (Å²) >= 11 is 0. The fraction of sp³-hybridized carbons (Fsp3) is 0.769. The summed E-state index contributed by atoms with van der Waals surface area (Å²) in [5.74, 6) is -7.38.